The number of aromatic nitrogens is 3. The molecule has 0 spiro atoms. The predicted molar refractivity (Wildman–Crippen MR) is 117 cm³/mol. The van der Waals surface area contributed by atoms with Crippen LogP contribution in [-0.2, 0) is 17.8 Å². The summed E-state index contributed by atoms with van der Waals surface area (Å²) in [4.78, 5) is 30.8. The van der Waals surface area contributed by atoms with E-state index in [1.54, 1.807) is 36.1 Å². The molecule has 1 aromatic carbocycles. The normalized spacial score (nSPS) is 12.5. The zero-order chi connectivity index (χ0) is 22.1. The molecule has 0 unspecified atom stereocenters. The van der Waals surface area contributed by atoms with Gasteiger partial charge in [-0.1, -0.05) is 12.1 Å². The van der Waals surface area contributed by atoms with Crippen molar-refractivity contribution in [1.29, 1.82) is 0 Å². The number of hydrogen-bond acceptors (Lipinski definition) is 6. The lowest BCUT2D eigenvalue weighted by Gasteiger charge is -2.11. The third-order valence-corrected chi connectivity index (χ3v) is 5.43. The second-order valence-corrected chi connectivity index (χ2v) is 7.48. The molecular formula is C23H22N4O5. The highest BCUT2D eigenvalue weighted by Crippen LogP contribution is 2.32. The first kappa shape index (κ1) is 20.1. The molecule has 4 aromatic rings. The fourth-order valence-electron chi connectivity index (χ4n) is 3.86. The number of amides is 1. The van der Waals surface area contributed by atoms with E-state index in [1.807, 2.05) is 24.3 Å². The van der Waals surface area contributed by atoms with Crippen molar-refractivity contribution in [3.63, 3.8) is 0 Å². The van der Waals surface area contributed by atoms with Gasteiger partial charge in [-0.25, -0.2) is 4.98 Å². The topological polar surface area (TPSA) is 96.1 Å². The van der Waals surface area contributed by atoms with Gasteiger partial charge in [0.15, 0.2) is 11.5 Å². The summed E-state index contributed by atoms with van der Waals surface area (Å²) in [5.41, 5.74) is 2.08. The minimum absolute atomic E-state index is 0.198. The Morgan fingerprint density at radius 1 is 1.19 bits per heavy atom. The average Bonchev–Trinajstić information content (AvgIpc) is 3.42. The van der Waals surface area contributed by atoms with Gasteiger partial charge in [-0.2, -0.15) is 0 Å². The number of carbonyl (C=O) groups excluding carboxylic acids is 1. The van der Waals surface area contributed by atoms with Crippen LogP contribution < -0.4 is 20.3 Å². The van der Waals surface area contributed by atoms with Crippen LogP contribution in [0.15, 0.2) is 53.5 Å². The number of nitrogens with zero attached hydrogens (tertiary/aromatic N) is 3. The maximum Gasteiger partial charge on any atom is 0.268 e. The first-order valence-corrected chi connectivity index (χ1v) is 10.3. The molecule has 9 nitrogen and oxygen atoms in total. The molecule has 0 bridgehead atoms. The Morgan fingerprint density at radius 3 is 2.94 bits per heavy atom. The van der Waals surface area contributed by atoms with Crippen LogP contribution in [0.4, 0.5) is 0 Å². The third kappa shape index (κ3) is 3.56. The Balaban J connectivity index is 1.49. The van der Waals surface area contributed by atoms with Crippen molar-refractivity contribution in [2.24, 2.45) is 0 Å². The lowest BCUT2D eigenvalue weighted by molar-refractivity contribution is 0.0940. The molecule has 1 amide bonds. The summed E-state index contributed by atoms with van der Waals surface area (Å²) in [5, 5.41) is 3.34. The zero-order valence-electron chi connectivity index (χ0n) is 17.5. The van der Waals surface area contributed by atoms with Crippen molar-refractivity contribution < 1.29 is 19.0 Å². The molecule has 0 radical (unpaired) electrons. The highest BCUT2D eigenvalue weighted by atomic mass is 16.7. The van der Waals surface area contributed by atoms with E-state index in [-0.39, 0.29) is 18.3 Å². The van der Waals surface area contributed by atoms with E-state index in [0.717, 1.165) is 5.56 Å². The summed E-state index contributed by atoms with van der Waals surface area (Å²) in [6.45, 7) is 1.54. The first-order chi connectivity index (χ1) is 15.7. The van der Waals surface area contributed by atoms with Crippen LogP contribution in [0.1, 0.15) is 22.5 Å². The Bertz CT molecular complexity index is 1370. The molecule has 32 heavy (non-hydrogen) atoms. The van der Waals surface area contributed by atoms with E-state index in [1.165, 1.54) is 4.40 Å². The van der Waals surface area contributed by atoms with Gasteiger partial charge in [0.05, 0.1) is 5.39 Å². The molecule has 0 aliphatic carbocycles. The van der Waals surface area contributed by atoms with Gasteiger partial charge in [-0.15, -0.1) is 0 Å². The largest absolute Gasteiger partial charge is 0.454 e. The van der Waals surface area contributed by atoms with Crippen LogP contribution >= 0.6 is 0 Å². The average molecular weight is 434 g/mol. The van der Waals surface area contributed by atoms with Crippen LogP contribution in [0.5, 0.6) is 11.5 Å². The van der Waals surface area contributed by atoms with Gasteiger partial charge in [-0.3, -0.25) is 14.0 Å². The summed E-state index contributed by atoms with van der Waals surface area (Å²) in [5.74, 6) is 1.07. The van der Waals surface area contributed by atoms with Gasteiger partial charge in [0.1, 0.15) is 17.0 Å². The van der Waals surface area contributed by atoms with E-state index in [4.69, 9.17) is 14.2 Å². The summed E-state index contributed by atoms with van der Waals surface area (Å²) >= 11 is 0. The van der Waals surface area contributed by atoms with Crippen LogP contribution in [0.2, 0.25) is 0 Å². The molecule has 1 aliphatic rings. The minimum Gasteiger partial charge on any atom is -0.454 e. The van der Waals surface area contributed by atoms with Gasteiger partial charge >= 0.3 is 0 Å². The predicted octanol–water partition coefficient (Wildman–Crippen LogP) is 2.34. The molecule has 164 valence electrons. The molecule has 4 heterocycles. The molecule has 3 aromatic heterocycles. The highest BCUT2D eigenvalue weighted by Gasteiger charge is 2.20. The lowest BCUT2D eigenvalue weighted by atomic mass is 10.2. The maximum atomic E-state index is 13.1. The molecule has 9 heteroatoms. The number of ether oxygens (including phenoxy) is 3. The maximum absolute atomic E-state index is 13.1. The molecule has 1 N–H and O–H groups in total. The van der Waals surface area contributed by atoms with Crippen molar-refractivity contribution in [2.75, 3.05) is 20.5 Å². The van der Waals surface area contributed by atoms with Crippen LogP contribution in [-0.4, -0.2) is 40.4 Å². The Labute approximate surface area is 183 Å². The first-order valence-electron chi connectivity index (χ1n) is 10.3. The van der Waals surface area contributed by atoms with Crippen molar-refractivity contribution in [1.82, 2.24) is 19.3 Å². The second kappa shape index (κ2) is 8.35. The number of fused-ring (bicyclic) bond motifs is 3. The smallest absolute Gasteiger partial charge is 0.268 e. The van der Waals surface area contributed by atoms with E-state index < -0.39 is 0 Å². The summed E-state index contributed by atoms with van der Waals surface area (Å²) in [6, 6.07) is 12.5. The summed E-state index contributed by atoms with van der Waals surface area (Å²) in [7, 11) is 1.63. The van der Waals surface area contributed by atoms with Crippen molar-refractivity contribution in [3.8, 4) is 11.5 Å². The molecule has 0 fully saturated rings. The molecule has 1 aliphatic heterocycles. The van der Waals surface area contributed by atoms with E-state index in [9.17, 15) is 9.59 Å². The molecule has 0 atom stereocenters. The van der Waals surface area contributed by atoms with Crippen LogP contribution in [0.25, 0.3) is 16.7 Å². The van der Waals surface area contributed by atoms with Crippen molar-refractivity contribution >= 4 is 22.6 Å². The van der Waals surface area contributed by atoms with Gasteiger partial charge in [0, 0.05) is 33.0 Å². The fraction of sp³-hybridized carbons (Fsp3) is 0.261. The van der Waals surface area contributed by atoms with Crippen molar-refractivity contribution in [3.05, 3.63) is 70.3 Å². The molecule has 0 saturated carbocycles. The number of pyridine rings is 1. The van der Waals surface area contributed by atoms with Gasteiger partial charge in [0.25, 0.3) is 11.5 Å². The lowest BCUT2D eigenvalue weighted by Crippen LogP contribution is -2.25. The standard InChI is InChI=1S/C23H22N4O5/c1-30-10-4-9-26-17(12-16-21(26)25-20-5-2-3-8-27(20)23(16)29)22(28)24-13-15-6-7-18-19(11-15)32-14-31-18/h2-3,5-8,11-12H,4,9-10,13-14H2,1H3,(H,24,28). The summed E-state index contributed by atoms with van der Waals surface area (Å²) in [6.07, 6.45) is 2.35. The number of benzene rings is 1. The number of carbonyl (C=O) groups is 1. The fourth-order valence-corrected chi connectivity index (χ4v) is 3.86. The third-order valence-electron chi connectivity index (χ3n) is 5.43. The van der Waals surface area contributed by atoms with Gasteiger partial charge in [-0.05, 0) is 42.3 Å². The Hall–Kier alpha value is -3.85. The quantitative estimate of drug-likeness (QED) is 0.449. The van der Waals surface area contributed by atoms with E-state index in [0.29, 0.717) is 60.0 Å². The van der Waals surface area contributed by atoms with Gasteiger partial charge in [0.2, 0.25) is 6.79 Å². The highest BCUT2D eigenvalue weighted by molar-refractivity contribution is 5.98. The van der Waals surface area contributed by atoms with E-state index >= 15 is 0 Å². The molecule has 5 rings (SSSR count). The Morgan fingerprint density at radius 2 is 2.06 bits per heavy atom. The number of rotatable bonds is 7. The molecular weight excluding hydrogens is 412 g/mol. The minimum atomic E-state index is -0.286. The zero-order valence-corrected chi connectivity index (χ0v) is 17.5. The summed E-state index contributed by atoms with van der Waals surface area (Å²) < 4.78 is 19.2. The van der Waals surface area contributed by atoms with Crippen LogP contribution in [0.3, 0.4) is 0 Å². The molecule has 0 saturated heterocycles. The second-order valence-electron chi connectivity index (χ2n) is 7.48. The number of aryl methyl sites for hydroxylation is 1. The van der Waals surface area contributed by atoms with Gasteiger partial charge < -0.3 is 24.1 Å². The van der Waals surface area contributed by atoms with E-state index in [2.05, 4.69) is 10.3 Å². The Kier molecular flexibility index (Phi) is 5.24. The monoisotopic (exact) mass is 434 g/mol. The van der Waals surface area contributed by atoms with Crippen LogP contribution in [0, 0.1) is 0 Å². The number of methoxy groups -OCH3 is 1. The van der Waals surface area contributed by atoms with Crippen molar-refractivity contribution in [2.45, 2.75) is 19.5 Å². The SMILES string of the molecule is COCCCn1c(C(=O)NCc2ccc3c(c2)OCO3)cc2c(=O)n3ccccc3nc21. The number of hydrogen-bond donors (Lipinski definition) is 1. The number of nitrogens with one attached hydrogen (secondary N) is 1.